The topological polar surface area (TPSA) is 83.5 Å². The molecule has 1 saturated heterocycles. The van der Waals surface area contributed by atoms with Gasteiger partial charge >= 0.3 is 5.97 Å². The fourth-order valence-electron chi connectivity index (χ4n) is 1.82. The molecule has 1 aliphatic rings. The maximum Gasteiger partial charge on any atom is 0.345 e. The number of carbonyl (C=O) groups is 1. The van der Waals surface area contributed by atoms with Crippen molar-refractivity contribution in [2.75, 3.05) is 12.3 Å². The summed E-state index contributed by atoms with van der Waals surface area (Å²) in [7, 11) is -3.58. The van der Waals surface area contributed by atoms with Gasteiger partial charge in [0.2, 0.25) is 10.0 Å². The number of rotatable bonds is 5. The van der Waals surface area contributed by atoms with Crippen LogP contribution in [0.5, 0.6) is 0 Å². The lowest BCUT2D eigenvalue weighted by Crippen LogP contribution is -2.31. The summed E-state index contributed by atoms with van der Waals surface area (Å²) in [6.45, 7) is 0.410. The Balaban J connectivity index is 1.98. The summed E-state index contributed by atoms with van der Waals surface area (Å²) in [4.78, 5) is 10.8. The predicted octanol–water partition coefficient (Wildman–Crippen LogP) is 2.01. The van der Waals surface area contributed by atoms with Gasteiger partial charge in [-0.1, -0.05) is 6.42 Å². The second-order valence-corrected chi connectivity index (χ2v) is 8.75. The molecule has 0 bridgehead atoms. The van der Waals surface area contributed by atoms with E-state index in [0.717, 1.165) is 29.9 Å². The first-order valence-corrected chi connectivity index (χ1v) is 9.28. The van der Waals surface area contributed by atoms with Crippen LogP contribution in [0.4, 0.5) is 0 Å². The van der Waals surface area contributed by atoms with Gasteiger partial charge in [-0.05, 0) is 30.7 Å². The van der Waals surface area contributed by atoms with Gasteiger partial charge in [0.05, 0.1) is 0 Å². The molecule has 2 N–H and O–H groups in total. The van der Waals surface area contributed by atoms with Crippen molar-refractivity contribution in [1.82, 2.24) is 4.72 Å². The van der Waals surface area contributed by atoms with Crippen LogP contribution in [0.3, 0.4) is 0 Å². The van der Waals surface area contributed by atoms with Crippen LogP contribution in [0.15, 0.2) is 16.3 Å². The lowest BCUT2D eigenvalue weighted by molar-refractivity contribution is 0.0702. The molecule has 0 spiro atoms. The van der Waals surface area contributed by atoms with Crippen molar-refractivity contribution in [3.8, 4) is 0 Å². The van der Waals surface area contributed by atoms with Crippen LogP contribution in [-0.2, 0) is 10.0 Å². The summed E-state index contributed by atoms with van der Waals surface area (Å²) in [5.41, 5.74) is 0. The minimum Gasteiger partial charge on any atom is -0.477 e. The molecule has 8 heteroatoms. The molecule has 0 amide bonds. The fourth-order valence-corrected chi connectivity index (χ4v) is 5.44. The van der Waals surface area contributed by atoms with Crippen LogP contribution >= 0.6 is 23.1 Å². The number of hydrogen-bond donors (Lipinski definition) is 2. The Hall–Kier alpha value is -0.570. The van der Waals surface area contributed by atoms with E-state index >= 15 is 0 Å². The van der Waals surface area contributed by atoms with E-state index < -0.39 is 16.0 Å². The van der Waals surface area contributed by atoms with Crippen LogP contribution in [0.25, 0.3) is 0 Å². The first kappa shape index (κ1) is 14.8. The van der Waals surface area contributed by atoms with Gasteiger partial charge in [0.25, 0.3) is 0 Å². The van der Waals surface area contributed by atoms with Gasteiger partial charge in [0, 0.05) is 11.8 Å². The Bertz CT molecular complexity index is 546. The Labute approximate surface area is 120 Å². The number of aromatic carboxylic acids is 1. The quantitative estimate of drug-likeness (QED) is 0.867. The highest BCUT2D eigenvalue weighted by atomic mass is 32.2. The number of nitrogens with one attached hydrogen (secondary N) is 1. The molecular formula is C11H15NO4S3. The third-order valence-electron chi connectivity index (χ3n) is 2.83. The van der Waals surface area contributed by atoms with E-state index in [4.69, 9.17) is 5.11 Å². The van der Waals surface area contributed by atoms with Crippen LogP contribution in [-0.4, -0.2) is 37.0 Å². The molecule has 0 aromatic carbocycles. The van der Waals surface area contributed by atoms with E-state index in [1.165, 1.54) is 18.6 Å². The van der Waals surface area contributed by atoms with E-state index in [9.17, 15) is 13.2 Å². The number of sulfonamides is 1. The van der Waals surface area contributed by atoms with Crippen molar-refractivity contribution in [3.63, 3.8) is 0 Å². The van der Waals surface area contributed by atoms with Gasteiger partial charge in [0.15, 0.2) is 0 Å². The summed E-state index contributed by atoms with van der Waals surface area (Å²) in [6, 6.07) is 2.65. The number of carboxylic acid groups (broad SMARTS) is 1. The summed E-state index contributed by atoms with van der Waals surface area (Å²) in [5.74, 6) is -0.0246. The van der Waals surface area contributed by atoms with Gasteiger partial charge in [0.1, 0.15) is 9.09 Å². The monoisotopic (exact) mass is 321 g/mol. The minimum absolute atomic E-state index is 0.0346. The number of thioether (sulfide) groups is 1. The third kappa shape index (κ3) is 3.95. The van der Waals surface area contributed by atoms with Gasteiger partial charge in [-0.3, -0.25) is 0 Å². The van der Waals surface area contributed by atoms with Crippen molar-refractivity contribution < 1.29 is 18.3 Å². The van der Waals surface area contributed by atoms with Crippen LogP contribution in [0, 0.1) is 0 Å². The molecular weight excluding hydrogens is 306 g/mol. The Kier molecular flexibility index (Phi) is 4.88. The molecule has 1 aromatic heterocycles. The number of thiophene rings is 1. The molecule has 1 atom stereocenters. The third-order valence-corrected chi connectivity index (χ3v) is 7.22. The zero-order valence-corrected chi connectivity index (χ0v) is 12.6. The van der Waals surface area contributed by atoms with Crippen molar-refractivity contribution >= 4 is 39.1 Å². The average molecular weight is 321 g/mol. The van der Waals surface area contributed by atoms with Crippen molar-refractivity contribution in [3.05, 3.63) is 17.0 Å². The molecule has 106 valence electrons. The largest absolute Gasteiger partial charge is 0.477 e. The highest BCUT2D eigenvalue weighted by molar-refractivity contribution is 8.00. The second-order valence-electron chi connectivity index (χ2n) is 4.26. The SMILES string of the molecule is O=C(O)c1ccc(S(=O)(=O)NCC2CCCCS2)s1. The van der Waals surface area contributed by atoms with Crippen molar-refractivity contribution in [1.29, 1.82) is 0 Å². The van der Waals surface area contributed by atoms with Crippen molar-refractivity contribution in [2.24, 2.45) is 0 Å². The average Bonchev–Trinajstić information content (AvgIpc) is 2.88. The molecule has 2 heterocycles. The highest BCUT2D eigenvalue weighted by Crippen LogP contribution is 2.26. The van der Waals surface area contributed by atoms with Gasteiger partial charge in [-0.2, -0.15) is 11.8 Å². The molecule has 0 saturated carbocycles. The molecule has 2 rings (SSSR count). The Morgan fingerprint density at radius 3 is 2.79 bits per heavy atom. The highest BCUT2D eigenvalue weighted by Gasteiger charge is 2.21. The number of hydrogen-bond acceptors (Lipinski definition) is 5. The van der Waals surface area contributed by atoms with Crippen LogP contribution in [0.1, 0.15) is 28.9 Å². The van der Waals surface area contributed by atoms with E-state index in [1.807, 2.05) is 0 Å². The fraction of sp³-hybridized carbons (Fsp3) is 0.545. The summed E-state index contributed by atoms with van der Waals surface area (Å²) < 4.78 is 26.6. The summed E-state index contributed by atoms with van der Waals surface area (Å²) in [5, 5.41) is 9.11. The second kappa shape index (κ2) is 6.25. The van der Waals surface area contributed by atoms with Gasteiger partial charge in [-0.15, -0.1) is 11.3 Å². The molecule has 1 fully saturated rings. The lowest BCUT2D eigenvalue weighted by Gasteiger charge is -2.21. The first-order chi connectivity index (χ1) is 8.99. The normalized spacial score (nSPS) is 20.3. The zero-order valence-electron chi connectivity index (χ0n) is 10.2. The lowest BCUT2D eigenvalue weighted by atomic mass is 10.2. The first-order valence-electron chi connectivity index (χ1n) is 5.93. The maximum atomic E-state index is 12.0. The molecule has 0 radical (unpaired) electrons. The molecule has 0 aliphatic carbocycles. The van der Waals surface area contributed by atoms with Gasteiger partial charge < -0.3 is 5.11 Å². The Morgan fingerprint density at radius 1 is 1.42 bits per heavy atom. The molecule has 1 aliphatic heterocycles. The van der Waals surface area contributed by atoms with Crippen LogP contribution in [0.2, 0.25) is 0 Å². The standard InChI is InChI=1S/C11H15NO4S3/c13-11(14)9-4-5-10(18-9)19(15,16)12-7-8-3-1-2-6-17-8/h4-5,8,12H,1-3,6-7H2,(H,13,14). The van der Waals surface area contributed by atoms with E-state index in [1.54, 1.807) is 11.8 Å². The van der Waals surface area contributed by atoms with E-state index in [2.05, 4.69) is 4.72 Å². The Morgan fingerprint density at radius 2 is 2.21 bits per heavy atom. The van der Waals surface area contributed by atoms with Gasteiger partial charge in [-0.25, -0.2) is 17.9 Å². The maximum absolute atomic E-state index is 12.0. The van der Waals surface area contributed by atoms with Crippen molar-refractivity contribution in [2.45, 2.75) is 28.7 Å². The summed E-state index contributed by atoms with van der Waals surface area (Å²) in [6.07, 6.45) is 3.36. The smallest absolute Gasteiger partial charge is 0.345 e. The zero-order chi connectivity index (χ0) is 13.9. The number of carboxylic acids is 1. The van der Waals surface area contributed by atoms with E-state index in [0.29, 0.717) is 11.8 Å². The molecule has 19 heavy (non-hydrogen) atoms. The molecule has 5 nitrogen and oxygen atoms in total. The molecule has 1 unspecified atom stereocenters. The van der Waals surface area contributed by atoms with Crippen LogP contribution < -0.4 is 4.72 Å². The molecule has 1 aromatic rings. The summed E-state index contributed by atoms with van der Waals surface area (Å²) >= 11 is 2.57. The minimum atomic E-state index is -3.58. The predicted molar refractivity (Wildman–Crippen MR) is 76.6 cm³/mol. The van der Waals surface area contributed by atoms with E-state index in [-0.39, 0.29) is 9.09 Å².